The third-order valence-electron chi connectivity index (χ3n) is 2.56. The quantitative estimate of drug-likeness (QED) is 0.730. The Morgan fingerprint density at radius 1 is 1.36 bits per heavy atom. The molecule has 76 valence electrons. The van der Waals surface area contributed by atoms with Crippen LogP contribution in [-0.2, 0) is 12.8 Å². The molecule has 2 heteroatoms. The fraction of sp³-hybridized carbons (Fsp3) is 0.583. The van der Waals surface area contributed by atoms with Gasteiger partial charge >= 0.3 is 0 Å². The molecule has 14 heavy (non-hydrogen) atoms. The van der Waals surface area contributed by atoms with Gasteiger partial charge in [-0.15, -0.1) is 0 Å². The number of nitrogens with zero attached hydrogens (tertiary/aromatic N) is 1. The number of hydrogen-bond acceptors (Lipinski definition) is 2. The zero-order chi connectivity index (χ0) is 9.97. The third-order valence-corrected chi connectivity index (χ3v) is 2.56. The Bertz CT molecular complexity index is 318. The average Bonchev–Trinajstić information content (AvgIpc) is 3.01. The molecular weight excluding hydrogens is 174 g/mol. The Kier molecular flexibility index (Phi) is 2.71. The van der Waals surface area contributed by atoms with Gasteiger partial charge in [0.15, 0.2) is 0 Å². The van der Waals surface area contributed by atoms with Crippen LogP contribution in [0.3, 0.4) is 0 Å². The molecule has 1 heterocycles. The van der Waals surface area contributed by atoms with Crippen molar-refractivity contribution in [2.45, 2.75) is 45.6 Å². The fourth-order valence-electron chi connectivity index (χ4n) is 1.44. The topological polar surface area (TPSA) is 22.1 Å². The molecule has 1 saturated carbocycles. The van der Waals surface area contributed by atoms with Gasteiger partial charge in [0.1, 0.15) is 5.75 Å². The van der Waals surface area contributed by atoms with E-state index in [2.05, 4.69) is 24.9 Å². The van der Waals surface area contributed by atoms with Gasteiger partial charge in [0.05, 0.1) is 6.10 Å². The summed E-state index contributed by atoms with van der Waals surface area (Å²) >= 11 is 0. The molecule has 0 aliphatic heterocycles. The molecule has 0 unspecified atom stereocenters. The molecule has 0 N–H and O–H groups in total. The van der Waals surface area contributed by atoms with E-state index in [9.17, 15) is 0 Å². The first-order chi connectivity index (χ1) is 6.83. The summed E-state index contributed by atoms with van der Waals surface area (Å²) < 4.78 is 5.85. The van der Waals surface area contributed by atoms with Crippen molar-refractivity contribution in [3.8, 4) is 5.75 Å². The fourth-order valence-corrected chi connectivity index (χ4v) is 1.44. The lowest BCUT2D eigenvalue weighted by atomic mass is 10.1. The van der Waals surface area contributed by atoms with E-state index in [0.29, 0.717) is 6.10 Å². The van der Waals surface area contributed by atoms with Crippen molar-refractivity contribution in [3.05, 3.63) is 23.5 Å². The van der Waals surface area contributed by atoms with E-state index in [1.807, 2.05) is 6.20 Å². The highest BCUT2D eigenvalue weighted by Gasteiger charge is 2.24. The molecule has 1 aromatic rings. The molecule has 0 saturated heterocycles. The monoisotopic (exact) mass is 191 g/mol. The van der Waals surface area contributed by atoms with E-state index in [1.54, 1.807) is 0 Å². The second-order valence-corrected chi connectivity index (χ2v) is 3.81. The average molecular weight is 191 g/mol. The molecule has 2 nitrogen and oxygen atoms in total. The van der Waals surface area contributed by atoms with Crippen LogP contribution in [0.5, 0.6) is 5.75 Å². The van der Waals surface area contributed by atoms with Crippen molar-refractivity contribution in [1.29, 1.82) is 0 Å². The van der Waals surface area contributed by atoms with Crippen molar-refractivity contribution in [1.82, 2.24) is 4.98 Å². The van der Waals surface area contributed by atoms with Crippen LogP contribution in [0.25, 0.3) is 0 Å². The van der Waals surface area contributed by atoms with E-state index < -0.39 is 0 Å². The van der Waals surface area contributed by atoms with Crippen LogP contribution in [-0.4, -0.2) is 11.1 Å². The first kappa shape index (κ1) is 9.50. The minimum atomic E-state index is 0.479. The Morgan fingerprint density at radius 2 is 2.14 bits per heavy atom. The van der Waals surface area contributed by atoms with Crippen molar-refractivity contribution < 1.29 is 4.74 Å². The maximum Gasteiger partial charge on any atom is 0.126 e. The first-order valence-electron chi connectivity index (χ1n) is 5.48. The highest BCUT2D eigenvalue weighted by atomic mass is 16.5. The molecule has 0 amide bonds. The summed E-state index contributed by atoms with van der Waals surface area (Å²) in [5.41, 5.74) is 2.35. The van der Waals surface area contributed by atoms with E-state index in [1.165, 1.54) is 18.4 Å². The summed E-state index contributed by atoms with van der Waals surface area (Å²) in [4.78, 5) is 4.38. The summed E-state index contributed by atoms with van der Waals surface area (Å²) in [6.45, 7) is 4.26. The largest absolute Gasteiger partial charge is 0.490 e. The molecule has 1 aliphatic rings. The molecule has 0 atom stereocenters. The lowest BCUT2D eigenvalue weighted by Gasteiger charge is -2.10. The van der Waals surface area contributed by atoms with Crippen molar-refractivity contribution in [2.75, 3.05) is 0 Å². The van der Waals surface area contributed by atoms with Crippen LogP contribution in [0.1, 0.15) is 37.9 Å². The Morgan fingerprint density at radius 3 is 2.71 bits per heavy atom. The summed E-state index contributed by atoms with van der Waals surface area (Å²) in [5.74, 6) is 1.06. The molecular formula is C12H17NO. The second-order valence-electron chi connectivity index (χ2n) is 3.81. The standard InChI is InChI=1S/C12H17NO/c1-3-9-8-13-10(4-2)7-12(9)14-11-5-6-11/h7-8,11H,3-6H2,1-2H3. The zero-order valence-corrected chi connectivity index (χ0v) is 8.92. The van der Waals surface area contributed by atoms with E-state index >= 15 is 0 Å². The number of rotatable bonds is 4. The van der Waals surface area contributed by atoms with Crippen LogP contribution in [0, 0.1) is 0 Å². The zero-order valence-electron chi connectivity index (χ0n) is 8.92. The van der Waals surface area contributed by atoms with Crippen LogP contribution < -0.4 is 4.74 Å². The number of hydrogen-bond donors (Lipinski definition) is 0. The van der Waals surface area contributed by atoms with Gasteiger partial charge < -0.3 is 4.74 Å². The lowest BCUT2D eigenvalue weighted by Crippen LogP contribution is -2.01. The van der Waals surface area contributed by atoms with Gasteiger partial charge in [0.2, 0.25) is 0 Å². The van der Waals surface area contributed by atoms with Gasteiger partial charge in [-0.1, -0.05) is 13.8 Å². The Labute approximate surface area is 85.3 Å². The van der Waals surface area contributed by atoms with Crippen molar-refractivity contribution in [3.63, 3.8) is 0 Å². The Balaban J connectivity index is 2.21. The maximum absolute atomic E-state index is 5.85. The highest BCUT2D eigenvalue weighted by Crippen LogP contribution is 2.29. The predicted octanol–water partition coefficient (Wildman–Crippen LogP) is 2.75. The van der Waals surface area contributed by atoms with Crippen LogP contribution in [0.2, 0.25) is 0 Å². The van der Waals surface area contributed by atoms with Gasteiger partial charge in [-0.3, -0.25) is 4.98 Å². The Hall–Kier alpha value is -1.05. The van der Waals surface area contributed by atoms with Crippen molar-refractivity contribution in [2.24, 2.45) is 0 Å². The number of aryl methyl sites for hydroxylation is 2. The summed E-state index contributed by atoms with van der Waals surface area (Å²) in [6.07, 6.45) is 6.84. The number of ether oxygens (including phenoxy) is 1. The second kappa shape index (κ2) is 3.99. The van der Waals surface area contributed by atoms with Crippen LogP contribution in [0.15, 0.2) is 12.3 Å². The first-order valence-corrected chi connectivity index (χ1v) is 5.48. The summed E-state index contributed by atoms with van der Waals surface area (Å²) in [7, 11) is 0. The van der Waals surface area contributed by atoms with E-state index in [0.717, 1.165) is 24.3 Å². The van der Waals surface area contributed by atoms with Gasteiger partial charge in [0, 0.05) is 23.5 Å². The van der Waals surface area contributed by atoms with E-state index in [4.69, 9.17) is 4.74 Å². The van der Waals surface area contributed by atoms with E-state index in [-0.39, 0.29) is 0 Å². The van der Waals surface area contributed by atoms with Crippen LogP contribution >= 0.6 is 0 Å². The molecule has 1 aromatic heterocycles. The van der Waals surface area contributed by atoms with Gasteiger partial charge in [0.25, 0.3) is 0 Å². The predicted molar refractivity (Wildman–Crippen MR) is 56.6 cm³/mol. The van der Waals surface area contributed by atoms with Crippen LogP contribution in [0.4, 0.5) is 0 Å². The van der Waals surface area contributed by atoms with Crippen molar-refractivity contribution >= 4 is 0 Å². The maximum atomic E-state index is 5.85. The number of aromatic nitrogens is 1. The van der Waals surface area contributed by atoms with Gasteiger partial charge in [-0.05, 0) is 25.7 Å². The van der Waals surface area contributed by atoms with Gasteiger partial charge in [-0.2, -0.15) is 0 Å². The summed E-state index contributed by atoms with van der Waals surface area (Å²) in [6, 6.07) is 2.09. The highest BCUT2D eigenvalue weighted by molar-refractivity contribution is 5.33. The number of pyridine rings is 1. The molecule has 1 aliphatic carbocycles. The molecule has 0 bridgehead atoms. The van der Waals surface area contributed by atoms with Gasteiger partial charge in [-0.25, -0.2) is 0 Å². The molecule has 0 aromatic carbocycles. The molecule has 0 radical (unpaired) electrons. The molecule has 0 spiro atoms. The summed E-state index contributed by atoms with van der Waals surface area (Å²) in [5, 5.41) is 0. The lowest BCUT2D eigenvalue weighted by molar-refractivity contribution is 0.299. The molecule has 1 fully saturated rings. The SMILES string of the molecule is CCc1cc(OC2CC2)c(CC)cn1. The normalized spacial score (nSPS) is 15.6. The minimum Gasteiger partial charge on any atom is -0.490 e. The molecule has 2 rings (SSSR count). The third kappa shape index (κ3) is 2.06. The minimum absolute atomic E-state index is 0.479. The smallest absolute Gasteiger partial charge is 0.126 e.